The predicted octanol–water partition coefficient (Wildman–Crippen LogP) is 4.15. The van der Waals surface area contributed by atoms with Crippen LogP contribution in [0.25, 0.3) is 6.08 Å². The first-order chi connectivity index (χ1) is 5.74. The molecule has 3 heteroatoms. The number of halogens is 2. The van der Waals surface area contributed by atoms with Crippen molar-refractivity contribution in [1.29, 1.82) is 0 Å². The van der Waals surface area contributed by atoms with Crippen LogP contribution < -0.4 is 0 Å². The maximum absolute atomic E-state index is 4.10. The Bertz CT molecular complexity index is 295. The van der Waals surface area contributed by atoms with Gasteiger partial charge >= 0.3 is 0 Å². The molecular formula is C9H8Br2S. The fourth-order valence-electron chi connectivity index (χ4n) is 0.822. The first-order valence-electron chi connectivity index (χ1n) is 3.46. The van der Waals surface area contributed by atoms with Crippen molar-refractivity contribution in [1.82, 2.24) is 0 Å². The van der Waals surface area contributed by atoms with Crippen LogP contribution in [0.2, 0.25) is 0 Å². The minimum absolute atomic E-state index is 0.763. The molecule has 0 amide bonds. The third-order valence-corrected chi connectivity index (χ3v) is 2.79. The zero-order valence-corrected chi connectivity index (χ0v) is 10.4. The standard InChI is InChI=1S/C9H8Br2S/c10-8-3-4-9(11)7(6-8)2-1-5-12/h1-4,6,12H,5H2. The molecule has 0 aliphatic heterocycles. The van der Waals surface area contributed by atoms with Gasteiger partial charge in [0.25, 0.3) is 0 Å². The normalized spacial score (nSPS) is 10.9. The van der Waals surface area contributed by atoms with Crippen LogP contribution in [0.4, 0.5) is 0 Å². The van der Waals surface area contributed by atoms with Gasteiger partial charge in [-0.1, -0.05) is 44.0 Å². The first-order valence-corrected chi connectivity index (χ1v) is 5.68. The van der Waals surface area contributed by atoms with Crippen LogP contribution in [0.3, 0.4) is 0 Å². The molecule has 0 fully saturated rings. The van der Waals surface area contributed by atoms with Crippen LogP contribution in [0.5, 0.6) is 0 Å². The van der Waals surface area contributed by atoms with Gasteiger partial charge in [-0.3, -0.25) is 0 Å². The van der Waals surface area contributed by atoms with E-state index < -0.39 is 0 Å². The Morgan fingerprint density at radius 3 is 2.75 bits per heavy atom. The van der Waals surface area contributed by atoms with Gasteiger partial charge in [0.1, 0.15) is 0 Å². The highest BCUT2D eigenvalue weighted by Gasteiger charge is 1.95. The number of hydrogen-bond acceptors (Lipinski definition) is 1. The molecule has 1 aromatic rings. The number of rotatable bonds is 2. The lowest BCUT2D eigenvalue weighted by Crippen LogP contribution is -1.75. The zero-order valence-electron chi connectivity index (χ0n) is 6.30. The van der Waals surface area contributed by atoms with Crippen molar-refractivity contribution in [3.63, 3.8) is 0 Å². The molecule has 0 aliphatic rings. The monoisotopic (exact) mass is 306 g/mol. The molecule has 0 heterocycles. The van der Waals surface area contributed by atoms with Gasteiger partial charge < -0.3 is 0 Å². The molecular weight excluding hydrogens is 300 g/mol. The Balaban J connectivity index is 2.97. The summed E-state index contributed by atoms with van der Waals surface area (Å²) in [4.78, 5) is 0. The summed E-state index contributed by atoms with van der Waals surface area (Å²) in [5.74, 6) is 0.763. The van der Waals surface area contributed by atoms with E-state index in [4.69, 9.17) is 0 Å². The van der Waals surface area contributed by atoms with Gasteiger partial charge in [0.15, 0.2) is 0 Å². The molecule has 0 aliphatic carbocycles. The van der Waals surface area contributed by atoms with E-state index in [9.17, 15) is 0 Å². The summed E-state index contributed by atoms with van der Waals surface area (Å²) >= 11 is 11.0. The average Bonchev–Trinajstić information content (AvgIpc) is 2.07. The van der Waals surface area contributed by atoms with Gasteiger partial charge in [-0.2, -0.15) is 12.6 Å². The van der Waals surface area contributed by atoms with Crippen LogP contribution in [0, 0.1) is 0 Å². The van der Waals surface area contributed by atoms with Gasteiger partial charge in [-0.25, -0.2) is 0 Å². The predicted molar refractivity (Wildman–Crippen MR) is 64.7 cm³/mol. The molecule has 64 valence electrons. The Morgan fingerprint density at radius 2 is 2.08 bits per heavy atom. The number of benzene rings is 1. The second-order valence-electron chi connectivity index (χ2n) is 2.25. The van der Waals surface area contributed by atoms with E-state index in [0.717, 1.165) is 14.7 Å². The highest BCUT2D eigenvalue weighted by atomic mass is 79.9. The van der Waals surface area contributed by atoms with Crippen molar-refractivity contribution in [3.05, 3.63) is 38.8 Å². The maximum Gasteiger partial charge on any atom is 0.0248 e. The lowest BCUT2D eigenvalue weighted by Gasteiger charge is -1.98. The second kappa shape index (κ2) is 5.10. The third-order valence-electron chi connectivity index (χ3n) is 1.36. The smallest absolute Gasteiger partial charge is 0.0248 e. The van der Waals surface area contributed by atoms with Crippen molar-refractivity contribution < 1.29 is 0 Å². The summed E-state index contributed by atoms with van der Waals surface area (Å²) in [5.41, 5.74) is 1.17. The summed E-state index contributed by atoms with van der Waals surface area (Å²) in [6.45, 7) is 0. The Hall–Kier alpha value is 0.270. The molecule has 0 saturated heterocycles. The molecule has 0 atom stereocenters. The summed E-state index contributed by atoms with van der Waals surface area (Å²) < 4.78 is 2.19. The minimum atomic E-state index is 0.763. The quantitative estimate of drug-likeness (QED) is 0.780. The third kappa shape index (κ3) is 2.96. The fraction of sp³-hybridized carbons (Fsp3) is 0.111. The van der Waals surface area contributed by atoms with Crippen LogP contribution in [-0.2, 0) is 0 Å². The molecule has 1 rings (SSSR count). The molecule has 12 heavy (non-hydrogen) atoms. The molecule has 0 N–H and O–H groups in total. The van der Waals surface area contributed by atoms with Crippen molar-refractivity contribution in [2.75, 3.05) is 5.75 Å². The molecule has 0 radical (unpaired) electrons. The Labute approximate surface area is 94.7 Å². The summed E-state index contributed by atoms with van der Waals surface area (Å²) in [6.07, 6.45) is 4.05. The number of thiol groups is 1. The largest absolute Gasteiger partial charge is 0.175 e. The van der Waals surface area contributed by atoms with E-state index in [1.165, 1.54) is 5.56 Å². The van der Waals surface area contributed by atoms with Crippen molar-refractivity contribution in [3.8, 4) is 0 Å². The summed E-state index contributed by atoms with van der Waals surface area (Å²) in [5, 5.41) is 0. The lowest BCUT2D eigenvalue weighted by atomic mass is 10.2. The second-order valence-corrected chi connectivity index (χ2v) is 4.39. The van der Waals surface area contributed by atoms with Gasteiger partial charge in [-0.15, -0.1) is 0 Å². The fourth-order valence-corrected chi connectivity index (χ4v) is 1.68. The lowest BCUT2D eigenvalue weighted by molar-refractivity contribution is 1.56. The van der Waals surface area contributed by atoms with Crippen molar-refractivity contribution >= 4 is 50.6 Å². The Morgan fingerprint density at radius 1 is 1.33 bits per heavy atom. The van der Waals surface area contributed by atoms with Gasteiger partial charge in [0.05, 0.1) is 0 Å². The van der Waals surface area contributed by atoms with Crippen LogP contribution >= 0.6 is 44.5 Å². The molecule has 0 aromatic heterocycles. The highest BCUT2D eigenvalue weighted by molar-refractivity contribution is 9.11. The van der Waals surface area contributed by atoms with Crippen LogP contribution in [0.1, 0.15) is 5.56 Å². The van der Waals surface area contributed by atoms with E-state index in [1.54, 1.807) is 0 Å². The highest BCUT2D eigenvalue weighted by Crippen LogP contribution is 2.22. The first kappa shape index (κ1) is 10.4. The zero-order chi connectivity index (χ0) is 8.97. The van der Waals surface area contributed by atoms with E-state index in [1.807, 2.05) is 24.3 Å². The molecule has 0 bridgehead atoms. The molecule has 0 saturated carbocycles. The van der Waals surface area contributed by atoms with Crippen molar-refractivity contribution in [2.45, 2.75) is 0 Å². The molecule has 0 spiro atoms. The van der Waals surface area contributed by atoms with E-state index in [2.05, 4.69) is 50.6 Å². The summed E-state index contributed by atoms with van der Waals surface area (Å²) in [6, 6.07) is 6.08. The van der Waals surface area contributed by atoms with Crippen LogP contribution in [0.15, 0.2) is 33.2 Å². The SMILES string of the molecule is SCC=Cc1cc(Br)ccc1Br. The van der Waals surface area contributed by atoms with E-state index in [0.29, 0.717) is 0 Å². The van der Waals surface area contributed by atoms with Gasteiger partial charge in [0.2, 0.25) is 0 Å². The minimum Gasteiger partial charge on any atom is -0.175 e. The van der Waals surface area contributed by atoms with Gasteiger partial charge in [-0.05, 0) is 23.8 Å². The van der Waals surface area contributed by atoms with Crippen molar-refractivity contribution in [2.24, 2.45) is 0 Å². The van der Waals surface area contributed by atoms with Crippen LogP contribution in [-0.4, -0.2) is 5.75 Å². The average molecular weight is 308 g/mol. The molecule has 0 nitrogen and oxygen atoms in total. The number of hydrogen-bond donors (Lipinski definition) is 1. The molecule has 0 unspecified atom stereocenters. The van der Waals surface area contributed by atoms with E-state index >= 15 is 0 Å². The Kier molecular flexibility index (Phi) is 4.40. The van der Waals surface area contributed by atoms with E-state index in [-0.39, 0.29) is 0 Å². The topological polar surface area (TPSA) is 0 Å². The molecule has 1 aromatic carbocycles. The maximum atomic E-state index is 4.10. The van der Waals surface area contributed by atoms with Gasteiger partial charge in [0, 0.05) is 14.7 Å². The summed E-state index contributed by atoms with van der Waals surface area (Å²) in [7, 11) is 0.